The Morgan fingerprint density at radius 2 is 2.08 bits per heavy atom. The number of thioether (sulfide) groups is 1. The van der Waals surface area contributed by atoms with Gasteiger partial charge in [-0.15, -0.1) is 5.10 Å². The van der Waals surface area contributed by atoms with Crippen molar-refractivity contribution in [2.24, 2.45) is 7.05 Å². The Hall–Kier alpha value is -1.89. The molecule has 1 aliphatic heterocycles. The molecule has 0 bridgehead atoms. The van der Waals surface area contributed by atoms with Gasteiger partial charge in [-0.25, -0.2) is 4.68 Å². The minimum Gasteiger partial charge on any atom is -0.343 e. The SMILES string of the molecule is Cn1nnnc1SCCC(=O)N1CCCC(c2ccccc2)CC1. The molecular weight excluding hydrogens is 322 g/mol. The summed E-state index contributed by atoms with van der Waals surface area (Å²) in [5.41, 5.74) is 1.40. The summed E-state index contributed by atoms with van der Waals surface area (Å²) in [6, 6.07) is 10.7. The van der Waals surface area contributed by atoms with E-state index in [1.54, 1.807) is 4.68 Å². The first-order valence-corrected chi connectivity index (χ1v) is 9.40. The van der Waals surface area contributed by atoms with Crippen LogP contribution in [0.2, 0.25) is 0 Å². The number of hydrogen-bond acceptors (Lipinski definition) is 5. The van der Waals surface area contributed by atoms with Crippen LogP contribution in [0.4, 0.5) is 0 Å². The van der Waals surface area contributed by atoms with Gasteiger partial charge in [0.2, 0.25) is 11.1 Å². The van der Waals surface area contributed by atoms with Gasteiger partial charge in [0.25, 0.3) is 0 Å². The molecule has 2 aromatic rings. The lowest BCUT2D eigenvalue weighted by Crippen LogP contribution is -2.32. The summed E-state index contributed by atoms with van der Waals surface area (Å²) in [6.45, 7) is 1.73. The van der Waals surface area contributed by atoms with Crippen LogP contribution in [-0.4, -0.2) is 49.9 Å². The van der Waals surface area contributed by atoms with Crippen molar-refractivity contribution in [3.8, 4) is 0 Å². The maximum Gasteiger partial charge on any atom is 0.223 e. The Kier molecular flexibility index (Phi) is 5.85. The highest BCUT2D eigenvalue weighted by Crippen LogP contribution is 2.28. The molecule has 6 nitrogen and oxygen atoms in total. The third kappa shape index (κ3) is 4.35. The predicted octanol–water partition coefficient (Wildman–Crippen LogP) is 2.49. The van der Waals surface area contributed by atoms with Gasteiger partial charge in [0.05, 0.1) is 0 Å². The van der Waals surface area contributed by atoms with E-state index in [2.05, 4.69) is 45.9 Å². The molecule has 7 heteroatoms. The number of tetrazole rings is 1. The molecule has 1 aromatic carbocycles. The molecule has 1 aliphatic rings. The van der Waals surface area contributed by atoms with Crippen LogP contribution >= 0.6 is 11.8 Å². The number of aromatic nitrogens is 4. The van der Waals surface area contributed by atoms with Gasteiger partial charge in [-0.05, 0) is 41.2 Å². The van der Waals surface area contributed by atoms with Gasteiger partial charge in [-0.2, -0.15) is 0 Å². The molecule has 1 aromatic heterocycles. The molecule has 24 heavy (non-hydrogen) atoms. The van der Waals surface area contributed by atoms with E-state index in [-0.39, 0.29) is 5.91 Å². The maximum atomic E-state index is 12.5. The highest BCUT2D eigenvalue weighted by atomic mass is 32.2. The smallest absolute Gasteiger partial charge is 0.223 e. The zero-order valence-corrected chi connectivity index (χ0v) is 14.8. The fourth-order valence-electron chi connectivity index (χ4n) is 3.14. The second-order valence-electron chi connectivity index (χ2n) is 6.10. The number of carbonyl (C=O) groups is 1. The van der Waals surface area contributed by atoms with Crippen molar-refractivity contribution in [1.29, 1.82) is 0 Å². The van der Waals surface area contributed by atoms with Crippen molar-refractivity contribution in [3.05, 3.63) is 35.9 Å². The van der Waals surface area contributed by atoms with Gasteiger partial charge in [-0.1, -0.05) is 42.1 Å². The summed E-state index contributed by atoms with van der Waals surface area (Å²) in [5, 5.41) is 12.1. The first kappa shape index (κ1) is 17.0. The van der Waals surface area contributed by atoms with Crippen molar-refractivity contribution < 1.29 is 4.79 Å². The number of aryl methyl sites for hydroxylation is 1. The van der Waals surface area contributed by atoms with E-state index in [1.807, 2.05) is 11.9 Å². The molecule has 1 atom stereocenters. The fraction of sp³-hybridized carbons (Fsp3) is 0.529. The van der Waals surface area contributed by atoms with Crippen LogP contribution in [0.5, 0.6) is 0 Å². The molecular formula is C17H23N5OS. The third-order valence-corrected chi connectivity index (χ3v) is 5.49. The zero-order chi connectivity index (χ0) is 16.8. The van der Waals surface area contributed by atoms with Gasteiger partial charge in [-0.3, -0.25) is 4.79 Å². The molecule has 1 unspecified atom stereocenters. The number of carbonyl (C=O) groups excluding carboxylic acids is 1. The predicted molar refractivity (Wildman–Crippen MR) is 93.8 cm³/mol. The topological polar surface area (TPSA) is 63.9 Å². The van der Waals surface area contributed by atoms with Gasteiger partial charge >= 0.3 is 0 Å². The zero-order valence-electron chi connectivity index (χ0n) is 14.0. The van der Waals surface area contributed by atoms with Crippen LogP contribution < -0.4 is 0 Å². The highest BCUT2D eigenvalue weighted by Gasteiger charge is 2.21. The molecule has 2 heterocycles. The number of nitrogens with zero attached hydrogens (tertiary/aromatic N) is 5. The molecule has 128 valence electrons. The Morgan fingerprint density at radius 1 is 1.25 bits per heavy atom. The van der Waals surface area contributed by atoms with E-state index < -0.39 is 0 Å². The molecule has 1 fully saturated rings. The fourth-order valence-corrected chi connectivity index (χ4v) is 3.91. The highest BCUT2D eigenvalue weighted by molar-refractivity contribution is 7.99. The molecule has 3 rings (SSSR count). The van der Waals surface area contributed by atoms with E-state index in [0.717, 1.165) is 37.5 Å². The average molecular weight is 345 g/mol. The monoisotopic (exact) mass is 345 g/mol. The number of hydrogen-bond donors (Lipinski definition) is 0. The van der Waals surface area contributed by atoms with Crippen LogP contribution in [0.3, 0.4) is 0 Å². The number of likely N-dealkylation sites (tertiary alicyclic amines) is 1. The summed E-state index contributed by atoms with van der Waals surface area (Å²) >= 11 is 1.53. The van der Waals surface area contributed by atoms with Crippen LogP contribution in [0, 0.1) is 0 Å². The Bertz CT molecular complexity index is 660. The summed E-state index contributed by atoms with van der Waals surface area (Å²) in [6.07, 6.45) is 3.82. The lowest BCUT2D eigenvalue weighted by Gasteiger charge is -2.20. The minimum absolute atomic E-state index is 0.242. The van der Waals surface area contributed by atoms with Crippen LogP contribution in [0.25, 0.3) is 0 Å². The van der Waals surface area contributed by atoms with Crippen molar-refractivity contribution in [1.82, 2.24) is 25.1 Å². The Labute approximate surface area is 146 Å². The molecule has 0 saturated carbocycles. The van der Waals surface area contributed by atoms with Crippen molar-refractivity contribution in [2.75, 3.05) is 18.8 Å². The van der Waals surface area contributed by atoms with Gasteiger partial charge in [0, 0.05) is 32.3 Å². The maximum absolute atomic E-state index is 12.5. The van der Waals surface area contributed by atoms with E-state index in [4.69, 9.17) is 0 Å². The number of amides is 1. The quantitative estimate of drug-likeness (QED) is 0.779. The summed E-state index contributed by atoms with van der Waals surface area (Å²) in [7, 11) is 1.81. The van der Waals surface area contributed by atoms with Crippen LogP contribution in [0.15, 0.2) is 35.5 Å². The van der Waals surface area contributed by atoms with Gasteiger partial charge < -0.3 is 4.90 Å². The normalized spacial score (nSPS) is 18.4. The molecule has 0 spiro atoms. The van der Waals surface area contributed by atoms with Gasteiger partial charge in [0.1, 0.15) is 0 Å². The molecule has 1 amide bonds. The largest absolute Gasteiger partial charge is 0.343 e. The van der Waals surface area contributed by atoms with Crippen LogP contribution in [-0.2, 0) is 11.8 Å². The summed E-state index contributed by atoms with van der Waals surface area (Å²) < 4.78 is 1.63. The lowest BCUT2D eigenvalue weighted by atomic mass is 9.92. The molecule has 0 aliphatic carbocycles. The van der Waals surface area contributed by atoms with Crippen molar-refractivity contribution in [2.45, 2.75) is 36.8 Å². The second-order valence-corrected chi connectivity index (χ2v) is 7.16. The van der Waals surface area contributed by atoms with E-state index in [9.17, 15) is 4.79 Å². The Morgan fingerprint density at radius 3 is 2.83 bits per heavy atom. The first-order valence-electron chi connectivity index (χ1n) is 8.42. The van der Waals surface area contributed by atoms with Crippen molar-refractivity contribution in [3.63, 3.8) is 0 Å². The van der Waals surface area contributed by atoms with E-state index in [1.165, 1.54) is 17.3 Å². The number of rotatable bonds is 5. The van der Waals surface area contributed by atoms with E-state index in [0.29, 0.717) is 18.1 Å². The summed E-state index contributed by atoms with van der Waals surface area (Å²) in [5.74, 6) is 1.53. The Balaban J connectivity index is 1.47. The standard InChI is InChI=1S/C17H23N5OS/c1-21-17(18-19-20-21)24-13-10-16(23)22-11-5-8-15(9-12-22)14-6-3-2-4-7-14/h2-4,6-7,15H,5,8-13H2,1H3. The molecule has 1 saturated heterocycles. The third-order valence-electron chi connectivity index (χ3n) is 4.48. The van der Waals surface area contributed by atoms with E-state index >= 15 is 0 Å². The van der Waals surface area contributed by atoms with Crippen molar-refractivity contribution >= 4 is 17.7 Å². The summed E-state index contributed by atoms with van der Waals surface area (Å²) in [4.78, 5) is 14.5. The molecule has 0 radical (unpaired) electrons. The van der Waals surface area contributed by atoms with Crippen LogP contribution in [0.1, 0.15) is 37.2 Å². The second kappa shape index (κ2) is 8.28. The first-order chi connectivity index (χ1) is 11.7. The lowest BCUT2D eigenvalue weighted by molar-refractivity contribution is -0.130. The van der Waals surface area contributed by atoms with Gasteiger partial charge in [0.15, 0.2) is 0 Å². The molecule has 0 N–H and O–H groups in total. The minimum atomic E-state index is 0.242. The number of benzene rings is 1. The average Bonchev–Trinajstić information content (AvgIpc) is 2.87.